The molecule has 18 heavy (non-hydrogen) atoms. The molecule has 98 valence electrons. The predicted molar refractivity (Wildman–Crippen MR) is 71.1 cm³/mol. The van der Waals surface area contributed by atoms with Gasteiger partial charge < -0.3 is 14.0 Å². The maximum atomic E-state index is 5.99. The second-order valence-electron chi connectivity index (χ2n) is 5.42. The molecule has 0 bridgehead atoms. The fourth-order valence-corrected chi connectivity index (χ4v) is 1.81. The van der Waals surface area contributed by atoms with Crippen LogP contribution in [0.2, 0.25) is 0 Å². The minimum atomic E-state index is -0.426. The largest absolute Gasteiger partial charge is 0.500 e. The Morgan fingerprint density at radius 3 is 2.39 bits per heavy atom. The molecule has 0 atom stereocenters. The van der Waals surface area contributed by atoms with Gasteiger partial charge in [0.1, 0.15) is 0 Å². The number of hydrogen-bond acceptors (Lipinski definition) is 4. The molecule has 0 spiro atoms. The Hall–Kier alpha value is -1.07. The minimum Gasteiger partial charge on any atom is -0.478 e. The molecule has 1 aliphatic rings. The lowest BCUT2D eigenvalue weighted by Crippen LogP contribution is -2.41. The molecule has 2 rings (SSSR count). The van der Waals surface area contributed by atoms with Gasteiger partial charge in [0.2, 0.25) is 5.88 Å². The van der Waals surface area contributed by atoms with Crippen LogP contribution in [0.4, 0.5) is 0 Å². The van der Waals surface area contributed by atoms with Crippen LogP contribution < -0.4 is 10.2 Å². The van der Waals surface area contributed by atoms with E-state index in [1.54, 1.807) is 6.20 Å². The molecular formula is C13H20BNO3. The smallest absolute Gasteiger partial charge is 0.478 e. The monoisotopic (exact) mass is 249 g/mol. The van der Waals surface area contributed by atoms with Crippen molar-refractivity contribution in [2.24, 2.45) is 0 Å². The summed E-state index contributed by atoms with van der Waals surface area (Å²) in [6, 6.07) is 3.79. The number of pyridine rings is 1. The van der Waals surface area contributed by atoms with Crippen molar-refractivity contribution in [1.82, 2.24) is 4.98 Å². The summed E-state index contributed by atoms with van der Waals surface area (Å²) < 4.78 is 17.5. The molecule has 0 amide bonds. The van der Waals surface area contributed by atoms with E-state index < -0.39 is 7.12 Å². The predicted octanol–water partition coefficient (Wildman–Crippen LogP) is 1.78. The normalized spacial score (nSPS) is 21.1. The van der Waals surface area contributed by atoms with E-state index in [2.05, 4.69) is 4.98 Å². The van der Waals surface area contributed by atoms with Gasteiger partial charge in [-0.3, -0.25) is 0 Å². The van der Waals surface area contributed by atoms with E-state index in [1.807, 2.05) is 46.8 Å². The summed E-state index contributed by atoms with van der Waals surface area (Å²) in [4.78, 5) is 4.23. The molecule has 0 saturated carbocycles. The second kappa shape index (κ2) is 4.55. The van der Waals surface area contributed by atoms with Gasteiger partial charge in [0.15, 0.2) is 0 Å². The number of hydrogen-bond donors (Lipinski definition) is 0. The highest BCUT2D eigenvalue weighted by molar-refractivity contribution is 6.63. The van der Waals surface area contributed by atoms with Crippen LogP contribution in [0.25, 0.3) is 0 Å². The highest BCUT2D eigenvalue weighted by Gasteiger charge is 2.52. The Kier molecular flexibility index (Phi) is 3.38. The molecule has 0 unspecified atom stereocenters. The van der Waals surface area contributed by atoms with Crippen LogP contribution in [0.3, 0.4) is 0 Å². The molecule has 1 fully saturated rings. The SMILES string of the molecule is CCOc1ncccc1B1OC(C)(C)C(C)(C)O1. The fraction of sp³-hybridized carbons (Fsp3) is 0.615. The molecule has 4 nitrogen and oxygen atoms in total. The van der Waals surface area contributed by atoms with Crippen LogP contribution >= 0.6 is 0 Å². The van der Waals surface area contributed by atoms with E-state index in [0.717, 1.165) is 5.46 Å². The molecular weight excluding hydrogens is 229 g/mol. The van der Waals surface area contributed by atoms with E-state index in [0.29, 0.717) is 12.5 Å². The van der Waals surface area contributed by atoms with E-state index in [1.165, 1.54) is 0 Å². The van der Waals surface area contributed by atoms with Crippen molar-refractivity contribution >= 4 is 12.6 Å². The van der Waals surface area contributed by atoms with Gasteiger partial charge in [-0.1, -0.05) is 6.07 Å². The van der Waals surface area contributed by atoms with Gasteiger partial charge in [-0.25, -0.2) is 4.98 Å². The summed E-state index contributed by atoms with van der Waals surface area (Å²) in [6.07, 6.45) is 1.71. The first-order valence-electron chi connectivity index (χ1n) is 6.31. The van der Waals surface area contributed by atoms with Crippen molar-refractivity contribution in [2.45, 2.75) is 45.8 Å². The molecule has 0 aromatic carbocycles. The number of rotatable bonds is 3. The standard InChI is InChI=1S/C13H20BNO3/c1-6-16-11-10(8-7-9-15-11)14-17-12(2,3)13(4,5)18-14/h7-9H,6H2,1-5H3. The zero-order valence-electron chi connectivity index (χ0n) is 11.7. The average molecular weight is 249 g/mol. The third-order valence-electron chi connectivity index (χ3n) is 3.59. The van der Waals surface area contributed by atoms with Gasteiger partial charge in [-0.15, -0.1) is 0 Å². The van der Waals surface area contributed by atoms with Crippen molar-refractivity contribution in [1.29, 1.82) is 0 Å². The number of ether oxygens (including phenoxy) is 1. The van der Waals surface area contributed by atoms with Gasteiger partial charge in [0.05, 0.1) is 17.8 Å². The molecule has 0 N–H and O–H groups in total. The Morgan fingerprint density at radius 2 is 1.83 bits per heavy atom. The number of nitrogens with zero attached hydrogens (tertiary/aromatic N) is 1. The van der Waals surface area contributed by atoms with Gasteiger partial charge in [-0.2, -0.15) is 0 Å². The summed E-state index contributed by atoms with van der Waals surface area (Å²) in [5, 5.41) is 0. The Morgan fingerprint density at radius 1 is 1.22 bits per heavy atom. The van der Waals surface area contributed by atoms with Crippen molar-refractivity contribution in [3.8, 4) is 5.88 Å². The van der Waals surface area contributed by atoms with Crippen LogP contribution in [0, 0.1) is 0 Å². The lowest BCUT2D eigenvalue weighted by Gasteiger charge is -2.32. The first kappa shape index (κ1) is 13.4. The van der Waals surface area contributed by atoms with Crippen molar-refractivity contribution in [3.05, 3.63) is 18.3 Å². The summed E-state index contributed by atoms with van der Waals surface area (Å²) in [6.45, 7) is 10.6. The topological polar surface area (TPSA) is 40.6 Å². The summed E-state index contributed by atoms with van der Waals surface area (Å²) in [5.41, 5.74) is 0.145. The minimum absolute atomic E-state index is 0.350. The third kappa shape index (κ3) is 2.25. The fourth-order valence-electron chi connectivity index (χ4n) is 1.81. The molecule has 1 aromatic heterocycles. The van der Waals surface area contributed by atoms with E-state index in [9.17, 15) is 0 Å². The Bertz CT molecular complexity index is 418. The average Bonchev–Trinajstić information content (AvgIpc) is 2.49. The number of aromatic nitrogens is 1. The van der Waals surface area contributed by atoms with E-state index >= 15 is 0 Å². The first-order chi connectivity index (χ1) is 8.37. The van der Waals surface area contributed by atoms with Gasteiger partial charge in [0, 0.05) is 11.7 Å². The van der Waals surface area contributed by atoms with Crippen LogP contribution in [0.15, 0.2) is 18.3 Å². The molecule has 0 radical (unpaired) electrons. The lowest BCUT2D eigenvalue weighted by molar-refractivity contribution is 0.00578. The lowest BCUT2D eigenvalue weighted by atomic mass is 9.80. The van der Waals surface area contributed by atoms with Crippen LogP contribution in [-0.4, -0.2) is 29.9 Å². The molecule has 1 saturated heterocycles. The van der Waals surface area contributed by atoms with Crippen molar-refractivity contribution in [3.63, 3.8) is 0 Å². The maximum absolute atomic E-state index is 5.99. The first-order valence-corrected chi connectivity index (χ1v) is 6.31. The van der Waals surface area contributed by atoms with E-state index in [-0.39, 0.29) is 11.2 Å². The summed E-state index contributed by atoms with van der Waals surface area (Å²) in [7, 11) is -0.426. The third-order valence-corrected chi connectivity index (χ3v) is 3.59. The maximum Gasteiger partial charge on any atom is 0.500 e. The van der Waals surface area contributed by atoms with E-state index in [4.69, 9.17) is 14.0 Å². The Balaban J connectivity index is 2.29. The Labute approximate surface area is 109 Å². The molecule has 5 heteroatoms. The second-order valence-corrected chi connectivity index (χ2v) is 5.42. The molecule has 1 aromatic rings. The van der Waals surface area contributed by atoms with Gasteiger partial charge >= 0.3 is 7.12 Å². The van der Waals surface area contributed by atoms with Crippen LogP contribution in [-0.2, 0) is 9.31 Å². The molecule has 0 aliphatic carbocycles. The van der Waals surface area contributed by atoms with Crippen molar-refractivity contribution in [2.75, 3.05) is 6.61 Å². The molecule has 1 aliphatic heterocycles. The van der Waals surface area contributed by atoms with Gasteiger partial charge in [-0.05, 0) is 40.7 Å². The zero-order chi connectivity index (χ0) is 13.4. The summed E-state index contributed by atoms with van der Waals surface area (Å²) >= 11 is 0. The summed E-state index contributed by atoms with van der Waals surface area (Å²) in [5.74, 6) is 0.582. The zero-order valence-corrected chi connectivity index (χ0v) is 11.7. The van der Waals surface area contributed by atoms with Crippen LogP contribution in [0.1, 0.15) is 34.6 Å². The van der Waals surface area contributed by atoms with Gasteiger partial charge in [0.25, 0.3) is 0 Å². The highest BCUT2D eigenvalue weighted by atomic mass is 16.7. The van der Waals surface area contributed by atoms with Crippen LogP contribution in [0.5, 0.6) is 5.88 Å². The highest BCUT2D eigenvalue weighted by Crippen LogP contribution is 2.36. The molecule has 2 heterocycles. The quantitative estimate of drug-likeness (QED) is 0.765. The van der Waals surface area contributed by atoms with Crippen molar-refractivity contribution < 1.29 is 14.0 Å².